The van der Waals surface area contributed by atoms with Gasteiger partial charge in [0.05, 0.1) is 10.5 Å². The molecule has 1 heterocycles. The van der Waals surface area contributed by atoms with E-state index in [1.54, 1.807) is 4.90 Å². The molecule has 0 saturated carbocycles. The number of rotatable bonds is 3. The third-order valence-electron chi connectivity index (χ3n) is 3.71. The Labute approximate surface area is 131 Å². The molecule has 8 heteroatoms. The van der Waals surface area contributed by atoms with Crippen molar-refractivity contribution in [3.05, 3.63) is 28.0 Å². The fraction of sp³-hybridized carbons (Fsp3) is 0.462. The average molecular weight is 379 g/mol. The Morgan fingerprint density at radius 3 is 2.71 bits per heavy atom. The molecule has 1 atom stereocenters. The Morgan fingerprint density at radius 2 is 2.19 bits per heavy atom. The van der Waals surface area contributed by atoms with Gasteiger partial charge in [-0.1, -0.05) is 13.3 Å². The van der Waals surface area contributed by atoms with Crippen molar-refractivity contribution in [2.75, 3.05) is 13.1 Å². The maximum absolute atomic E-state index is 14.0. The lowest BCUT2D eigenvalue weighted by atomic mass is 10.1. The van der Waals surface area contributed by atoms with Gasteiger partial charge in [-0.25, -0.2) is 17.9 Å². The quantitative estimate of drug-likeness (QED) is 0.874. The summed E-state index contributed by atoms with van der Waals surface area (Å²) in [5.74, 6) is -0.856. The molecule has 1 saturated heterocycles. The third kappa shape index (κ3) is 3.44. The molecule has 21 heavy (non-hydrogen) atoms. The van der Waals surface area contributed by atoms with Crippen LogP contribution in [0.4, 0.5) is 4.39 Å². The Morgan fingerprint density at radius 1 is 1.52 bits per heavy atom. The normalized spacial score (nSPS) is 19.0. The molecule has 1 aromatic carbocycles. The summed E-state index contributed by atoms with van der Waals surface area (Å²) in [6, 6.07) is 1.96. The molecule has 2 rings (SSSR count). The maximum atomic E-state index is 14.0. The summed E-state index contributed by atoms with van der Waals surface area (Å²) in [4.78, 5) is 13.6. The highest BCUT2D eigenvalue weighted by molar-refractivity contribution is 9.10. The van der Waals surface area contributed by atoms with E-state index in [1.807, 2.05) is 6.92 Å². The smallest absolute Gasteiger partial charge is 0.256 e. The van der Waals surface area contributed by atoms with Crippen LogP contribution in [-0.4, -0.2) is 32.3 Å². The van der Waals surface area contributed by atoms with Crippen molar-refractivity contribution >= 4 is 31.9 Å². The summed E-state index contributed by atoms with van der Waals surface area (Å²) in [6.45, 7) is 3.16. The van der Waals surface area contributed by atoms with E-state index in [2.05, 4.69) is 15.9 Å². The van der Waals surface area contributed by atoms with Crippen molar-refractivity contribution in [2.24, 2.45) is 11.1 Å². The first kappa shape index (κ1) is 16.4. The average Bonchev–Trinajstić information content (AvgIpc) is 2.85. The molecule has 1 amide bonds. The number of carbonyl (C=O) groups is 1. The number of hydrogen-bond acceptors (Lipinski definition) is 3. The lowest BCUT2D eigenvalue weighted by Crippen LogP contribution is -2.29. The van der Waals surface area contributed by atoms with E-state index in [1.165, 1.54) is 0 Å². The molecular formula is C13H16BrFN2O3S. The van der Waals surface area contributed by atoms with Crippen LogP contribution in [0.5, 0.6) is 0 Å². The van der Waals surface area contributed by atoms with Crippen molar-refractivity contribution in [1.29, 1.82) is 0 Å². The van der Waals surface area contributed by atoms with Crippen LogP contribution in [0.1, 0.15) is 30.1 Å². The topological polar surface area (TPSA) is 80.5 Å². The molecule has 0 aliphatic carbocycles. The molecular weight excluding hydrogens is 363 g/mol. The van der Waals surface area contributed by atoms with Crippen molar-refractivity contribution in [3.8, 4) is 0 Å². The molecule has 5 nitrogen and oxygen atoms in total. The molecule has 2 N–H and O–H groups in total. The van der Waals surface area contributed by atoms with Crippen molar-refractivity contribution in [3.63, 3.8) is 0 Å². The standard InChI is InChI=1S/C13H16BrFN2O3S/c1-2-8-3-4-17(7-8)13(18)9-5-12(21(16,19)20)10(14)6-11(9)15/h5-6,8H,2-4,7H2,1H3,(H2,16,19,20). The van der Waals surface area contributed by atoms with Gasteiger partial charge in [0.2, 0.25) is 10.0 Å². The van der Waals surface area contributed by atoms with E-state index in [0.717, 1.165) is 25.0 Å². The van der Waals surface area contributed by atoms with Gasteiger partial charge in [0.25, 0.3) is 5.91 Å². The van der Waals surface area contributed by atoms with Crippen LogP contribution in [0.15, 0.2) is 21.5 Å². The fourth-order valence-corrected chi connectivity index (χ4v) is 4.04. The van der Waals surface area contributed by atoms with Gasteiger partial charge in [-0.05, 0) is 40.4 Å². The number of carbonyl (C=O) groups excluding carboxylic acids is 1. The predicted octanol–water partition coefficient (Wildman–Crippen LogP) is 2.11. The van der Waals surface area contributed by atoms with E-state index in [4.69, 9.17) is 5.14 Å². The zero-order chi connectivity index (χ0) is 15.8. The highest BCUT2D eigenvalue weighted by Crippen LogP contribution is 2.27. The van der Waals surface area contributed by atoms with Gasteiger partial charge in [0, 0.05) is 17.6 Å². The minimum absolute atomic E-state index is 0.00640. The van der Waals surface area contributed by atoms with Crippen LogP contribution < -0.4 is 5.14 Å². The summed E-state index contributed by atoms with van der Waals surface area (Å²) in [5.41, 5.74) is -0.265. The van der Waals surface area contributed by atoms with Crippen LogP contribution in [0, 0.1) is 11.7 Å². The Hall–Kier alpha value is -0.990. The Balaban J connectivity index is 2.38. The van der Waals surface area contributed by atoms with Crippen LogP contribution in [0.2, 0.25) is 0 Å². The van der Waals surface area contributed by atoms with E-state index in [-0.39, 0.29) is 14.9 Å². The lowest BCUT2D eigenvalue weighted by Gasteiger charge is -2.17. The van der Waals surface area contributed by atoms with Gasteiger partial charge in [-0.2, -0.15) is 0 Å². The molecule has 1 aromatic rings. The number of sulfonamides is 1. The van der Waals surface area contributed by atoms with Crippen LogP contribution in [-0.2, 0) is 10.0 Å². The van der Waals surface area contributed by atoms with E-state index < -0.39 is 21.7 Å². The number of halogens is 2. The number of likely N-dealkylation sites (tertiary alicyclic amines) is 1. The highest BCUT2D eigenvalue weighted by atomic mass is 79.9. The summed E-state index contributed by atoms with van der Waals surface area (Å²) in [6.07, 6.45) is 1.83. The Bertz CT molecular complexity index is 678. The summed E-state index contributed by atoms with van der Waals surface area (Å²) in [5, 5.41) is 5.07. The van der Waals surface area contributed by atoms with E-state index in [9.17, 15) is 17.6 Å². The van der Waals surface area contributed by atoms with Gasteiger partial charge in [-0.3, -0.25) is 4.79 Å². The Kier molecular flexibility index (Phi) is 4.69. The monoisotopic (exact) mass is 378 g/mol. The summed E-state index contributed by atoms with van der Waals surface area (Å²) in [7, 11) is -4.03. The third-order valence-corrected chi connectivity index (χ3v) is 5.58. The molecule has 1 unspecified atom stereocenters. The highest BCUT2D eigenvalue weighted by Gasteiger charge is 2.29. The number of benzene rings is 1. The van der Waals surface area contributed by atoms with Crippen LogP contribution in [0.3, 0.4) is 0 Å². The number of amides is 1. The van der Waals surface area contributed by atoms with Crippen LogP contribution in [0.25, 0.3) is 0 Å². The molecule has 1 aliphatic rings. The van der Waals surface area contributed by atoms with Gasteiger partial charge < -0.3 is 4.90 Å². The van der Waals surface area contributed by atoms with E-state index in [0.29, 0.717) is 19.0 Å². The zero-order valence-corrected chi connectivity index (χ0v) is 13.9. The lowest BCUT2D eigenvalue weighted by molar-refractivity contribution is 0.0782. The first-order valence-corrected chi connectivity index (χ1v) is 8.89. The van der Waals surface area contributed by atoms with Gasteiger partial charge in [-0.15, -0.1) is 0 Å². The van der Waals surface area contributed by atoms with Crippen molar-refractivity contribution in [2.45, 2.75) is 24.7 Å². The second-order valence-corrected chi connectivity index (χ2v) is 7.51. The van der Waals surface area contributed by atoms with E-state index >= 15 is 0 Å². The molecule has 1 fully saturated rings. The predicted molar refractivity (Wildman–Crippen MR) is 79.8 cm³/mol. The van der Waals surface area contributed by atoms with Gasteiger partial charge in [0.1, 0.15) is 5.82 Å². The van der Waals surface area contributed by atoms with Crippen molar-refractivity contribution < 1.29 is 17.6 Å². The van der Waals surface area contributed by atoms with Crippen molar-refractivity contribution in [1.82, 2.24) is 4.90 Å². The minimum atomic E-state index is -4.03. The molecule has 116 valence electrons. The molecule has 1 aliphatic heterocycles. The minimum Gasteiger partial charge on any atom is -0.338 e. The van der Waals surface area contributed by atoms with Gasteiger partial charge >= 0.3 is 0 Å². The molecule has 0 radical (unpaired) electrons. The maximum Gasteiger partial charge on any atom is 0.256 e. The SMILES string of the molecule is CCC1CCN(C(=O)c2cc(S(N)(=O)=O)c(Br)cc2F)C1. The zero-order valence-electron chi connectivity index (χ0n) is 11.5. The number of nitrogens with two attached hydrogens (primary N) is 1. The van der Waals surface area contributed by atoms with Gasteiger partial charge in [0.15, 0.2) is 0 Å². The largest absolute Gasteiger partial charge is 0.338 e. The molecule has 0 bridgehead atoms. The first-order valence-electron chi connectivity index (χ1n) is 6.55. The second-order valence-electron chi connectivity index (χ2n) is 5.12. The number of primary sulfonamides is 1. The van der Waals surface area contributed by atoms with Crippen LogP contribution >= 0.6 is 15.9 Å². The molecule has 0 aromatic heterocycles. The summed E-state index contributed by atoms with van der Waals surface area (Å²) >= 11 is 2.95. The summed E-state index contributed by atoms with van der Waals surface area (Å²) < 4.78 is 36.9. The number of hydrogen-bond donors (Lipinski definition) is 1. The second kappa shape index (κ2) is 6.02. The number of nitrogens with zero attached hydrogens (tertiary/aromatic N) is 1. The first-order chi connectivity index (χ1) is 9.74. The fourth-order valence-electron chi connectivity index (χ4n) is 2.43. The molecule has 0 spiro atoms.